The second-order valence-corrected chi connectivity index (χ2v) is 5.72. The molecule has 0 aromatic heterocycles. The van der Waals surface area contributed by atoms with Crippen molar-refractivity contribution >= 4 is 17.8 Å². The van der Waals surface area contributed by atoms with E-state index in [0.29, 0.717) is 11.5 Å². The number of hydrogen-bond donors (Lipinski definition) is 0. The van der Waals surface area contributed by atoms with Gasteiger partial charge in [-0.1, -0.05) is 47.5 Å². The fourth-order valence-electron chi connectivity index (χ4n) is 2.93. The number of hydrogen-bond acceptors (Lipinski definition) is 4. The van der Waals surface area contributed by atoms with E-state index in [2.05, 4.69) is 0 Å². The highest BCUT2D eigenvalue weighted by atomic mass is 16.7. The summed E-state index contributed by atoms with van der Waals surface area (Å²) in [7, 11) is 0. The minimum Gasteiger partial charge on any atom is -0.329 e. The third-order valence-electron chi connectivity index (χ3n) is 4.26. The first-order valence-corrected chi connectivity index (χ1v) is 7.41. The third kappa shape index (κ3) is 2.21. The molecular formula is C18H13NO4. The largest absolute Gasteiger partial charge is 0.336 e. The van der Waals surface area contributed by atoms with Crippen LogP contribution in [-0.4, -0.2) is 22.8 Å². The van der Waals surface area contributed by atoms with E-state index in [1.165, 1.54) is 0 Å². The molecule has 2 aliphatic rings. The first kappa shape index (κ1) is 13.7. The second kappa shape index (κ2) is 5.05. The number of fused-ring (bicyclic) bond motifs is 1. The zero-order valence-corrected chi connectivity index (χ0v) is 12.1. The van der Waals surface area contributed by atoms with E-state index in [9.17, 15) is 14.4 Å². The van der Waals surface area contributed by atoms with Crippen LogP contribution >= 0.6 is 0 Å². The molecule has 5 heteroatoms. The molecule has 1 aliphatic heterocycles. The smallest absolute Gasteiger partial charge is 0.329 e. The first-order valence-electron chi connectivity index (χ1n) is 7.41. The van der Waals surface area contributed by atoms with Crippen molar-refractivity contribution in [3.8, 4) is 0 Å². The summed E-state index contributed by atoms with van der Waals surface area (Å²) in [5.74, 6) is -1.92. The van der Waals surface area contributed by atoms with Gasteiger partial charge in [0.05, 0.1) is 17.0 Å². The second-order valence-electron chi connectivity index (χ2n) is 5.72. The predicted octanol–water partition coefficient (Wildman–Crippen LogP) is 2.54. The molecule has 0 radical (unpaired) electrons. The van der Waals surface area contributed by atoms with Crippen molar-refractivity contribution in [2.75, 3.05) is 0 Å². The number of nitrogens with zero attached hydrogens (tertiary/aromatic N) is 1. The monoisotopic (exact) mass is 307 g/mol. The summed E-state index contributed by atoms with van der Waals surface area (Å²) in [6, 6.07) is 16.1. The van der Waals surface area contributed by atoms with Gasteiger partial charge in [-0.25, -0.2) is 4.79 Å². The minimum absolute atomic E-state index is 0.0962. The van der Waals surface area contributed by atoms with E-state index in [1.807, 2.05) is 30.3 Å². The van der Waals surface area contributed by atoms with Crippen LogP contribution in [0.5, 0.6) is 0 Å². The Morgan fingerprint density at radius 1 is 0.913 bits per heavy atom. The lowest BCUT2D eigenvalue weighted by Gasteiger charge is -2.12. The van der Waals surface area contributed by atoms with E-state index in [4.69, 9.17) is 4.84 Å². The normalized spacial score (nSPS) is 22.0. The van der Waals surface area contributed by atoms with Gasteiger partial charge in [0, 0.05) is 0 Å². The molecule has 2 aromatic rings. The highest BCUT2D eigenvalue weighted by molar-refractivity contribution is 6.20. The molecule has 2 atom stereocenters. The Kier molecular flexibility index (Phi) is 3.01. The first-order chi connectivity index (χ1) is 11.2. The number of carbonyl (C=O) groups is 3. The summed E-state index contributed by atoms with van der Waals surface area (Å²) in [5, 5.41) is 0.577. The number of rotatable bonds is 3. The van der Waals surface area contributed by atoms with Crippen molar-refractivity contribution in [3.05, 3.63) is 71.3 Å². The maximum Gasteiger partial charge on any atom is 0.336 e. The van der Waals surface area contributed by atoms with Crippen LogP contribution in [0.3, 0.4) is 0 Å². The molecule has 4 rings (SSSR count). The van der Waals surface area contributed by atoms with Crippen molar-refractivity contribution in [1.29, 1.82) is 0 Å². The molecule has 0 unspecified atom stereocenters. The highest BCUT2D eigenvalue weighted by Gasteiger charge is 2.48. The Morgan fingerprint density at radius 3 is 2.09 bits per heavy atom. The summed E-state index contributed by atoms with van der Waals surface area (Å²) in [4.78, 5) is 41.6. The fraction of sp³-hybridized carbons (Fsp3) is 0.167. The Labute approximate surface area is 132 Å². The van der Waals surface area contributed by atoms with Crippen LogP contribution in [0, 0.1) is 5.92 Å². The van der Waals surface area contributed by atoms with Gasteiger partial charge in [0.2, 0.25) is 0 Å². The Bertz CT molecular complexity index is 780. The number of hydroxylamine groups is 2. The zero-order chi connectivity index (χ0) is 16.0. The van der Waals surface area contributed by atoms with Gasteiger partial charge < -0.3 is 4.84 Å². The van der Waals surface area contributed by atoms with Crippen molar-refractivity contribution in [3.63, 3.8) is 0 Å². The van der Waals surface area contributed by atoms with E-state index in [-0.39, 0.29) is 23.0 Å². The SMILES string of the molecule is O=C(ON1C(=O)c2ccccc2C1=O)[C@H]1C[C@@H]1c1ccccc1. The standard InChI is InChI=1S/C18H13NO4/c20-16-12-8-4-5-9-13(12)17(21)19(16)23-18(22)15-10-14(15)11-6-2-1-3-7-11/h1-9,14-15H,10H2/t14-,15+/m1/s1. The van der Waals surface area contributed by atoms with Crippen molar-refractivity contribution in [2.24, 2.45) is 5.92 Å². The number of amides is 2. The van der Waals surface area contributed by atoms with Crippen molar-refractivity contribution in [1.82, 2.24) is 5.06 Å². The molecular weight excluding hydrogens is 294 g/mol. The van der Waals surface area contributed by atoms with E-state index in [1.54, 1.807) is 24.3 Å². The van der Waals surface area contributed by atoms with Crippen LogP contribution in [0.15, 0.2) is 54.6 Å². The van der Waals surface area contributed by atoms with Crippen LogP contribution in [0.4, 0.5) is 0 Å². The van der Waals surface area contributed by atoms with E-state index >= 15 is 0 Å². The molecule has 1 fully saturated rings. The van der Waals surface area contributed by atoms with Gasteiger partial charge in [-0.05, 0) is 30.0 Å². The molecule has 0 N–H and O–H groups in total. The van der Waals surface area contributed by atoms with Gasteiger partial charge in [0.25, 0.3) is 11.8 Å². The minimum atomic E-state index is -0.587. The Morgan fingerprint density at radius 2 is 1.48 bits per heavy atom. The lowest BCUT2D eigenvalue weighted by atomic mass is 10.1. The Balaban J connectivity index is 1.47. The van der Waals surface area contributed by atoms with Gasteiger partial charge in [-0.3, -0.25) is 9.59 Å². The van der Waals surface area contributed by atoms with Crippen molar-refractivity contribution < 1.29 is 19.2 Å². The van der Waals surface area contributed by atoms with E-state index < -0.39 is 17.8 Å². The van der Waals surface area contributed by atoms with Gasteiger partial charge in [0.15, 0.2) is 0 Å². The van der Waals surface area contributed by atoms with Crippen LogP contribution in [0.1, 0.15) is 38.6 Å². The fourth-order valence-corrected chi connectivity index (χ4v) is 2.93. The van der Waals surface area contributed by atoms with Gasteiger partial charge in [-0.15, -0.1) is 0 Å². The molecule has 1 aliphatic carbocycles. The predicted molar refractivity (Wildman–Crippen MR) is 80.3 cm³/mol. The molecule has 2 amide bonds. The molecule has 5 nitrogen and oxygen atoms in total. The maximum absolute atomic E-state index is 12.2. The summed E-state index contributed by atoms with van der Waals surface area (Å²) in [6.07, 6.45) is 0.673. The molecule has 23 heavy (non-hydrogen) atoms. The van der Waals surface area contributed by atoms with Crippen LogP contribution in [0.2, 0.25) is 0 Å². The molecule has 2 aromatic carbocycles. The van der Waals surface area contributed by atoms with Crippen LogP contribution in [0.25, 0.3) is 0 Å². The average Bonchev–Trinajstić information content (AvgIpc) is 3.36. The lowest BCUT2D eigenvalue weighted by Crippen LogP contribution is -2.33. The highest BCUT2D eigenvalue weighted by Crippen LogP contribution is 2.48. The summed E-state index contributed by atoms with van der Waals surface area (Å²) >= 11 is 0. The van der Waals surface area contributed by atoms with Gasteiger partial charge in [-0.2, -0.15) is 0 Å². The molecule has 114 valence electrons. The van der Waals surface area contributed by atoms with E-state index in [0.717, 1.165) is 5.56 Å². The van der Waals surface area contributed by atoms with Crippen LogP contribution in [-0.2, 0) is 9.63 Å². The maximum atomic E-state index is 12.2. The third-order valence-corrected chi connectivity index (χ3v) is 4.26. The van der Waals surface area contributed by atoms with Crippen LogP contribution < -0.4 is 0 Å². The summed E-state index contributed by atoms with van der Waals surface area (Å²) < 4.78 is 0. The number of imide groups is 1. The summed E-state index contributed by atoms with van der Waals surface area (Å²) in [5.41, 5.74) is 1.60. The van der Waals surface area contributed by atoms with Gasteiger partial charge in [0.1, 0.15) is 0 Å². The molecule has 1 heterocycles. The quantitative estimate of drug-likeness (QED) is 0.818. The average molecular weight is 307 g/mol. The van der Waals surface area contributed by atoms with Gasteiger partial charge >= 0.3 is 5.97 Å². The molecule has 0 saturated heterocycles. The molecule has 0 spiro atoms. The van der Waals surface area contributed by atoms with Crippen molar-refractivity contribution in [2.45, 2.75) is 12.3 Å². The molecule has 0 bridgehead atoms. The lowest BCUT2D eigenvalue weighted by molar-refractivity contribution is -0.170. The summed E-state index contributed by atoms with van der Waals surface area (Å²) in [6.45, 7) is 0. The number of benzene rings is 2. The molecule has 1 saturated carbocycles. The zero-order valence-electron chi connectivity index (χ0n) is 12.1. The topological polar surface area (TPSA) is 63.7 Å². The number of carbonyl (C=O) groups excluding carboxylic acids is 3. The Hall–Kier alpha value is -2.95.